The number of hydrogen-bond acceptors (Lipinski definition) is 5. The number of carbonyl (C=O) groups is 3. The molecule has 1 aliphatic heterocycles. The number of benzene rings is 2. The minimum atomic E-state index is -0.377. The first-order valence-corrected chi connectivity index (χ1v) is 8.93. The number of hydrogen-bond donors (Lipinski definition) is 0. The third-order valence-corrected chi connectivity index (χ3v) is 4.30. The van der Waals surface area contributed by atoms with Crippen LogP contribution >= 0.6 is 0 Å². The highest BCUT2D eigenvalue weighted by Crippen LogP contribution is 2.23. The van der Waals surface area contributed by atoms with E-state index in [0.717, 1.165) is 5.56 Å². The molecule has 27 heavy (non-hydrogen) atoms. The average Bonchev–Trinajstić information content (AvgIpc) is 2.93. The van der Waals surface area contributed by atoms with Gasteiger partial charge in [-0.15, -0.1) is 0 Å². The van der Waals surface area contributed by atoms with Crippen molar-refractivity contribution < 1.29 is 23.9 Å². The predicted octanol–water partition coefficient (Wildman–Crippen LogP) is 3.20. The molecule has 0 aromatic heterocycles. The Bertz CT molecular complexity index is 826. The van der Waals surface area contributed by atoms with E-state index in [0.29, 0.717) is 29.9 Å². The fraction of sp³-hybridized carbons (Fsp3) is 0.286. The van der Waals surface area contributed by atoms with Crippen molar-refractivity contribution in [3.05, 3.63) is 65.2 Å². The maximum Gasteiger partial charge on any atom is 0.306 e. The highest BCUT2D eigenvalue weighted by molar-refractivity contribution is 6.21. The number of imide groups is 1. The van der Waals surface area contributed by atoms with E-state index >= 15 is 0 Å². The lowest BCUT2D eigenvalue weighted by Gasteiger charge is -2.13. The van der Waals surface area contributed by atoms with Gasteiger partial charge in [0.2, 0.25) is 0 Å². The van der Waals surface area contributed by atoms with Gasteiger partial charge in [0, 0.05) is 18.5 Å². The molecular formula is C21H21NO5. The Kier molecular flexibility index (Phi) is 5.86. The first-order valence-electron chi connectivity index (χ1n) is 8.93. The molecule has 0 N–H and O–H groups in total. The summed E-state index contributed by atoms with van der Waals surface area (Å²) in [5.41, 5.74) is 1.63. The van der Waals surface area contributed by atoms with E-state index in [9.17, 15) is 14.4 Å². The SMILES string of the molecule is CCOc1ccccc1COC(=O)CCCN1C(=O)c2ccccc2C1=O. The van der Waals surface area contributed by atoms with Crippen molar-refractivity contribution in [2.45, 2.75) is 26.4 Å². The summed E-state index contributed by atoms with van der Waals surface area (Å²) in [6, 6.07) is 14.1. The van der Waals surface area contributed by atoms with E-state index in [1.54, 1.807) is 24.3 Å². The van der Waals surface area contributed by atoms with Crippen LogP contribution in [-0.2, 0) is 16.1 Å². The normalized spacial score (nSPS) is 12.9. The van der Waals surface area contributed by atoms with Crippen LogP contribution in [0.4, 0.5) is 0 Å². The van der Waals surface area contributed by atoms with E-state index in [2.05, 4.69) is 0 Å². The fourth-order valence-corrected chi connectivity index (χ4v) is 2.97. The molecule has 1 aliphatic rings. The molecule has 2 amide bonds. The van der Waals surface area contributed by atoms with Crippen LogP contribution in [0.5, 0.6) is 5.75 Å². The van der Waals surface area contributed by atoms with Gasteiger partial charge in [-0.1, -0.05) is 30.3 Å². The van der Waals surface area contributed by atoms with Gasteiger partial charge in [-0.2, -0.15) is 0 Å². The molecule has 0 bridgehead atoms. The summed E-state index contributed by atoms with van der Waals surface area (Å²) < 4.78 is 10.8. The van der Waals surface area contributed by atoms with Crippen LogP contribution in [0.3, 0.4) is 0 Å². The summed E-state index contributed by atoms with van der Waals surface area (Å²) in [4.78, 5) is 37.7. The maximum atomic E-state index is 12.3. The third-order valence-electron chi connectivity index (χ3n) is 4.30. The summed E-state index contributed by atoms with van der Waals surface area (Å²) in [6.45, 7) is 2.74. The summed E-state index contributed by atoms with van der Waals surface area (Å²) in [5.74, 6) is -0.305. The van der Waals surface area contributed by atoms with E-state index in [1.165, 1.54) is 4.90 Å². The van der Waals surface area contributed by atoms with Crippen LogP contribution < -0.4 is 4.74 Å². The first kappa shape index (κ1) is 18.6. The largest absolute Gasteiger partial charge is 0.493 e. The van der Waals surface area contributed by atoms with Crippen LogP contribution in [0.25, 0.3) is 0 Å². The Hall–Kier alpha value is -3.15. The zero-order chi connectivity index (χ0) is 19.2. The van der Waals surface area contributed by atoms with Crippen molar-refractivity contribution in [1.29, 1.82) is 0 Å². The van der Waals surface area contributed by atoms with Gasteiger partial charge < -0.3 is 9.47 Å². The number of esters is 1. The molecule has 6 nitrogen and oxygen atoms in total. The molecule has 0 fully saturated rings. The Labute approximate surface area is 157 Å². The second-order valence-corrected chi connectivity index (χ2v) is 6.11. The van der Waals surface area contributed by atoms with Crippen LogP contribution in [0.2, 0.25) is 0 Å². The Morgan fingerprint density at radius 1 is 0.963 bits per heavy atom. The number of nitrogens with zero attached hydrogens (tertiary/aromatic N) is 1. The molecule has 0 radical (unpaired) electrons. The second kappa shape index (κ2) is 8.49. The molecule has 140 valence electrons. The van der Waals surface area contributed by atoms with Gasteiger partial charge in [0.25, 0.3) is 11.8 Å². The minimum Gasteiger partial charge on any atom is -0.493 e. The lowest BCUT2D eigenvalue weighted by molar-refractivity contribution is -0.145. The van der Waals surface area contributed by atoms with Crippen LogP contribution in [0.15, 0.2) is 48.5 Å². The van der Waals surface area contributed by atoms with Gasteiger partial charge in [0.15, 0.2) is 0 Å². The number of ether oxygens (including phenoxy) is 2. The molecular weight excluding hydrogens is 346 g/mol. The standard InChI is InChI=1S/C21H21NO5/c1-2-26-18-11-6-3-8-15(18)14-27-19(23)12-7-13-22-20(24)16-9-4-5-10-17(16)21(22)25/h3-6,8-11H,2,7,12-14H2,1H3. The van der Waals surface area contributed by atoms with Gasteiger partial charge in [-0.25, -0.2) is 0 Å². The molecule has 6 heteroatoms. The minimum absolute atomic E-state index is 0.127. The van der Waals surface area contributed by atoms with Crippen molar-refractivity contribution in [1.82, 2.24) is 4.90 Å². The quantitative estimate of drug-likeness (QED) is 0.529. The Morgan fingerprint density at radius 2 is 1.59 bits per heavy atom. The van der Waals surface area contributed by atoms with Gasteiger partial charge in [-0.3, -0.25) is 19.3 Å². The Morgan fingerprint density at radius 3 is 2.26 bits per heavy atom. The molecule has 0 aliphatic carbocycles. The van der Waals surface area contributed by atoms with Crippen molar-refractivity contribution >= 4 is 17.8 Å². The zero-order valence-electron chi connectivity index (χ0n) is 15.1. The highest BCUT2D eigenvalue weighted by atomic mass is 16.5. The molecule has 2 aromatic carbocycles. The lowest BCUT2D eigenvalue weighted by atomic mass is 10.1. The molecule has 0 unspecified atom stereocenters. The lowest BCUT2D eigenvalue weighted by Crippen LogP contribution is -2.31. The fourth-order valence-electron chi connectivity index (χ4n) is 2.97. The average molecular weight is 367 g/mol. The highest BCUT2D eigenvalue weighted by Gasteiger charge is 2.34. The summed E-state index contributed by atoms with van der Waals surface area (Å²) in [6.07, 6.45) is 0.488. The van der Waals surface area contributed by atoms with Crippen molar-refractivity contribution in [2.75, 3.05) is 13.2 Å². The van der Waals surface area contributed by atoms with E-state index in [1.807, 2.05) is 31.2 Å². The van der Waals surface area contributed by atoms with E-state index in [-0.39, 0.29) is 37.4 Å². The topological polar surface area (TPSA) is 72.9 Å². The Balaban J connectivity index is 1.47. The zero-order valence-corrected chi connectivity index (χ0v) is 15.1. The summed E-state index contributed by atoms with van der Waals surface area (Å²) in [7, 11) is 0. The number of rotatable bonds is 8. The predicted molar refractivity (Wildman–Crippen MR) is 98.5 cm³/mol. The van der Waals surface area contributed by atoms with Crippen molar-refractivity contribution in [2.24, 2.45) is 0 Å². The second-order valence-electron chi connectivity index (χ2n) is 6.11. The molecule has 2 aromatic rings. The molecule has 3 rings (SSSR count). The van der Waals surface area contributed by atoms with Crippen LogP contribution in [0.1, 0.15) is 46.0 Å². The van der Waals surface area contributed by atoms with Gasteiger partial charge in [-0.05, 0) is 31.5 Å². The summed E-state index contributed by atoms with van der Waals surface area (Å²) >= 11 is 0. The molecule has 1 heterocycles. The number of fused-ring (bicyclic) bond motifs is 1. The van der Waals surface area contributed by atoms with Crippen LogP contribution in [-0.4, -0.2) is 35.8 Å². The first-order chi connectivity index (χ1) is 13.1. The van der Waals surface area contributed by atoms with Gasteiger partial charge >= 0.3 is 5.97 Å². The van der Waals surface area contributed by atoms with E-state index < -0.39 is 0 Å². The molecule has 0 spiro atoms. The van der Waals surface area contributed by atoms with Crippen LogP contribution in [0, 0.1) is 0 Å². The molecule has 0 atom stereocenters. The number of amides is 2. The smallest absolute Gasteiger partial charge is 0.306 e. The van der Waals surface area contributed by atoms with Gasteiger partial charge in [0.05, 0.1) is 17.7 Å². The molecule has 0 saturated carbocycles. The number of carbonyl (C=O) groups excluding carboxylic acids is 3. The summed E-state index contributed by atoms with van der Waals surface area (Å²) in [5, 5.41) is 0. The monoisotopic (exact) mass is 367 g/mol. The third kappa shape index (κ3) is 4.16. The van der Waals surface area contributed by atoms with Gasteiger partial charge in [0.1, 0.15) is 12.4 Å². The maximum absolute atomic E-state index is 12.3. The van der Waals surface area contributed by atoms with Crippen molar-refractivity contribution in [3.63, 3.8) is 0 Å². The molecule has 0 saturated heterocycles. The van der Waals surface area contributed by atoms with Crippen molar-refractivity contribution in [3.8, 4) is 5.75 Å². The number of para-hydroxylation sites is 1. The van der Waals surface area contributed by atoms with E-state index in [4.69, 9.17) is 9.47 Å².